The number of piperidine rings is 1. The third-order valence-electron chi connectivity index (χ3n) is 5.47. The number of rotatable bonds is 7. The molecule has 0 aromatic heterocycles. The zero-order valence-corrected chi connectivity index (χ0v) is 15.9. The highest BCUT2D eigenvalue weighted by atomic mass is 16.3. The van der Waals surface area contributed by atoms with Crippen molar-refractivity contribution in [2.45, 2.75) is 52.6 Å². The molecule has 1 atom stereocenters. The van der Waals surface area contributed by atoms with Crippen LogP contribution in [0.4, 0.5) is 0 Å². The van der Waals surface area contributed by atoms with Crippen molar-refractivity contribution in [1.29, 1.82) is 0 Å². The second-order valence-electron chi connectivity index (χ2n) is 8.25. The fourth-order valence-electron chi connectivity index (χ4n) is 3.65. The van der Waals surface area contributed by atoms with E-state index in [1.807, 2.05) is 4.90 Å². The number of likely N-dealkylation sites (tertiary alicyclic amines) is 1. The fourth-order valence-corrected chi connectivity index (χ4v) is 3.65. The van der Waals surface area contributed by atoms with Gasteiger partial charge in [0.2, 0.25) is 5.91 Å². The van der Waals surface area contributed by atoms with E-state index in [-0.39, 0.29) is 6.10 Å². The zero-order valence-electron chi connectivity index (χ0n) is 15.9. The second-order valence-corrected chi connectivity index (χ2v) is 8.25. The number of aliphatic hydroxyl groups excluding tert-OH is 1. The molecule has 0 aromatic rings. The van der Waals surface area contributed by atoms with E-state index >= 15 is 0 Å². The van der Waals surface area contributed by atoms with Gasteiger partial charge in [-0.3, -0.25) is 9.69 Å². The first kappa shape index (κ1) is 19.7. The number of hydrogen-bond donors (Lipinski definition) is 1. The lowest BCUT2D eigenvalue weighted by molar-refractivity contribution is -0.133. The molecule has 2 saturated heterocycles. The molecule has 0 aromatic carbocycles. The summed E-state index contributed by atoms with van der Waals surface area (Å²) >= 11 is 0. The van der Waals surface area contributed by atoms with Crippen LogP contribution in [0.1, 0.15) is 46.5 Å². The van der Waals surface area contributed by atoms with E-state index in [0.29, 0.717) is 18.2 Å². The van der Waals surface area contributed by atoms with E-state index in [2.05, 4.69) is 30.6 Å². The minimum atomic E-state index is -0.276. The molecular weight excluding hydrogens is 302 g/mol. The first-order valence-corrected chi connectivity index (χ1v) is 9.84. The lowest BCUT2D eigenvalue weighted by Crippen LogP contribution is -2.51. The predicted molar refractivity (Wildman–Crippen MR) is 97.9 cm³/mol. The molecule has 5 heteroatoms. The highest BCUT2D eigenvalue weighted by Gasteiger charge is 2.24. The van der Waals surface area contributed by atoms with Gasteiger partial charge in [0.05, 0.1) is 6.10 Å². The summed E-state index contributed by atoms with van der Waals surface area (Å²) in [4.78, 5) is 18.9. The van der Waals surface area contributed by atoms with E-state index in [9.17, 15) is 9.90 Å². The fraction of sp³-hybridized carbons (Fsp3) is 0.947. The quantitative estimate of drug-likeness (QED) is 0.766. The maximum atomic E-state index is 12.2. The summed E-state index contributed by atoms with van der Waals surface area (Å²) in [5.41, 5.74) is 0. The summed E-state index contributed by atoms with van der Waals surface area (Å²) in [5.74, 6) is 1.72. The number of hydrogen-bond acceptors (Lipinski definition) is 4. The van der Waals surface area contributed by atoms with E-state index in [1.54, 1.807) is 0 Å². The molecule has 0 radical (unpaired) electrons. The first-order chi connectivity index (χ1) is 11.4. The maximum Gasteiger partial charge on any atom is 0.222 e. The largest absolute Gasteiger partial charge is 0.390 e. The van der Waals surface area contributed by atoms with Crippen LogP contribution >= 0.6 is 0 Å². The maximum absolute atomic E-state index is 12.2. The highest BCUT2D eigenvalue weighted by molar-refractivity contribution is 5.76. The van der Waals surface area contributed by atoms with Crippen LogP contribution in [0.3, 0.4) is 0 Å². The Kier molecular flexibility index (Phi) is 7.98. The third kappa shape index (κ3) is 6.69. The topological polar surface area (TPSA) is 47.0 Å². The summed E-state index contributed by atoms with van der Waals surface area (Å²) in [6, 6.07) is 0. The molecule has 0 saturated carbocycles. The molecule has 2 aliphatic heterocycles. The summed E-state index contributed by atoms with van der Waals surface area (Å²) in [5, 5.41) is 10.4. The number of β-amino-alcohol motifs (C(OH)–C–C–N with tert-alkyl or cyclic N) is 1. The van der Waals surface area contributed by atoms with Crippen LogP contribution in [0.2, 0.25) is 0 Å². The Morgan fingerprint density at radius 3 is 2.08 bits per heavy atom. The number of piperazine rings is 1. The monoisotopic (exact) mass is 339 g/mol. The van der Waals surface area contributed by atoms with Crippen LogP contribution in [0, 0.1) is 11.8 Å². The number of aliphatic hydroxyl groups is 1. The lowest BCUT2D eigenvalue weighted by Gasteiger charge is -2.37. The zero-order chi connectivity index (χ0) is 17.5. The molecule has 2 rings (SSSR count). The van der Waals surface area contributed by atoms with Gasteiger partial charge < -0.3 is 14.9 Å². The smallest absolute Gasteiger partial charge is 0.222 e. The average Bonchev–Trinajstić information content (AvgIpc) is 2.55. The molecule has 1 N–H and O–H groups in total. The molecule has 1 amide bonds. The van der Waals surface area contributed by atoms with Gasteiger partial charge in [-0.15, -0.1) is 0 Å². The Bertz CT molecular complexity index is 373. The van der Waals surface area contributed by atoms with Crippen molar-refractivity contribution < 1.29 is 9.90 Å². The van der Waals surface area contributed by atoms with Gasteiger partial charge in [0, 0.05) is 45.7 Å². The Balaban J connectivity index is 1.62. The Morgan fingerprint density at radius 2 is 1.54 bits per heavy atom. The van der Waals surface area contributed by atoms with Gasteiger partial charge in [0.15, 0.2) is 0 Å². The van der Waals surface area contributed by atoms with Gasteiger partial charge in [0.25, 0.3) is 0 Å². The van der Waals surface area contributed by atoms with Crippen molar-refractivity contribution >= 4 is 5.91 Å². The van der Waals surface area contributed by atoms with Gasteiger partial charge in [0.1, 0.15) is 0 Å². The summed E-state index contributed by atoms with van der Waals surface area (Å²) in [6.07, 6.45) is 3.88. The van der Waals surface area contributed by atoms with E-state index < -0.39 is 0 Å². The van der Waals surface area contributed by atoms with Crippen molar-refractivity contribution in [3.8, 4) is 0 Å². The van der Waals surface area contributed by atoms with Crippen molar-refractivity contribution in [2.24, 2.45) is 11.8 Å². The van der Waals surface area contributed by atoms with Crippen molar-refractivity contribution in [1.82, 2.24) is 14.7 Å². The van der Waals surface area contributed by atoms with E-state index in [1.165, 1.54) is 12.8 Å². The molecule has 0 spiro atoms. The normalized spacial score (nSPS) is 23.0. The second kappa shape index (κ2) is 9.73. The molecular formula is C19H37N3O2. The van der Waals surface area contributed by atoms with E-state index in [4.69, 9.17) is 0 Å². The van der Waals surface area contributed by atoms with Crippen LogP contribution in [0.5, 0.6) is 0 Å². The molecule has 0 aliphatic carbocycles. The molecule has 2 fully saturated rings. The van der Waals surface area contributed by atoms with Gasteiger partial charge in [-0.2, -0.15) is 0 Å². The van der Waals surface area contributed by atoms with Crippen LogP contribution in [0.15, 0.2) is 0 Å². The van der Waals surface area contributed by atoms with Crippen LogP contribution in [0.25, 0.3) is 0 Å². The average molecular weight is 340 g/mol. The summed E-state index contributed by atoms with van der Waals surface area (Å²) in [6.45, 7) is 13.8. The van der Waals surface area contributed by atoms with Crippen molar-refractivity contribution in [3.05, 3.63) is 0 Å². The van der Waals surface area contributed by atoms with Crippen LogP contribution < -0.4 is 0 Å². The number of carbonyl (C=O) groups is 1. The predicted octanol–water partition coefficient (Wildman–Crippen LogP) is 1.66. The van der Waals surface area contributed by atoms with Gasteiger partial charge in [-0.25, -0.2) is 0 Å². The molecule has 140 valence electrons. The van der Waals surface area contributed by atoms with Crippen LogP contribution in [-0.4, -0.2) is 84.2 Å². The number of nitrogens with zero attached hydrogens (tertiary/aromatic N) is 3. The highest BCUT2D eigenvalue weighted by Crippen LogP contribution is 2.16. The minimum Gasteiger partial charge on any atom is -0.390 e. The molecule has 5 nitrogen and oxygen atoms in total. The van der Waals surface area contributed by atoms with E-state index in [0.717, 1.165) is 64.7 Å². The summed E-state index contributed by atoms with van der Waals surface area (Å²) in [7, 11) is 0. The van der Waals surface area contributed by atoms with Gasteiger partial charge >= 0.3 is 0 Å². The SMILES string of the molecule is CC(C)CCC(=O)N1CCN(CC(O)CN2CCC(C)CC2)CC1. The third-order valence-corrected chi connectivity index (χ3v) is 5.47. The van der Waals surface area contributed by atoms with Gasteiger partial charge in [-0.05, 0) is 44.2 Å². The summed E-state index contributed by atoms with van der Waals surface area (Å²) < 4.78 is 0. The lowest BCUT2D eigenvalue weighted by atomic mass is 9.99. The van der Waals surface area contributed by atoms with Crippen LogP contribution in [-0.2, 0) is 4.79 Å². The molecule has 0 bridgehead atoms. The Hall–Kier alpha value is -0.650. The molecule has 1 unspecified atom stereocenters. The van der Waals surface area contributed by atoms with Crippen molar-refractivity contribution in [2.75, 3.05) is 52.4 Å². The Labute approximate surface area is 148 Å². The first-order valence-electron chi connectivity index (χ1n) is 9.84. The van der Waals surface area contributed by atoms with Gasteiger partial charge in [-0.1, -0.05) is 20.8 Å². The number of amides is 1. The minimum absolute atomic E-state index is 0.276. The molecule has 24 heavy (non-hydrogen) atoms. The standard InChI is InChI=1S/C19H37N3O2/c1-16(2)4-5-19(24)22-12-10-21(11-13-22)15-18(23)14-20-8-6-17(3)7-9-20/h16-18,23H,4-15H2,1-3H3. The molecule has 2 aliphatic rings. The Morgan fingerprint density at radius 1 is 1.00 bits per heavy atom. The van der Waals surface area contributed by atoms with Crippen molar-refractivity contribution in [3.63, 3.8) is 0 Å². The molecule has 2 heterocycles. The number of carbonyl (C=O) groups excluding carboxylic acids is 1.